The van der Waals surface area contributed by atoms with Crippen LogP contribution in [0.3, 0.4) is 0 Å². The van der Waals surface area contributed by atoms with E-state index in [4.69, 9.17) is 4.74 Å². The fourth-order valence-corrected chi connectivity index (χ4v) is 1.37. The Bertz CT molecular complexity index is 371. The summed E-state index contributed by atoms with van der Waals surface area (Å²) in [5.41, 5.74) is -1.40. The molecule has 0 unspecified atom stereocenters. The van der Waals surface area contributed by atoms with E-state index in [1.807, 2.05) is 13.8 Å². The first-order valence-electron chi connectivity index (χ1n) is 5.24. The Hall–Kier alpha value is -1.10. The summed E-state index contributed by atoms with van der Waals surface area (Å²) in [5, 5.41) is 0. The largest absolute Gasteiger partial charge is 0.416 e. The van der Waals surface area contributed by atoms with Crippen LogP contribution in [-0.2, 0) is 17.5 Å². The highest BCUT2D eigenvalue weighted by atomic mass is 19.4. The minimum absolute atomic E-state index is 0.191. The molecule has 0 bridgehead atoms. The van der Waals surface area contributed by atoms with Crippen molar-refractivity contribution in [1.82, 2.24) is 0 Å². The van der Waals surface area contributed by atoms with Gasteiger partial charge in [0, 0.05) is 12.2 Å². The average Bonchev–Trinajstić information content (AvgIpc) is 2.18. The molecule has 0 saturated carbocycles. The van der Waals surface area contributed by atoms with Gasteiger partial charge < -0.3 is 4.74 Å². The molecule has 0 aliphatic carbocycles. The van der Waals surface area contributed by atoms with Crippen molar-refractivity contribution >= 4 is 0 Å². The van der Waals surface area contributed by atoms with Gasteiger partial charge in [-0.3, -0.25) is 0 Å². The van der Waals surface area contributed by atoms with Crippen LogP contribution in [0.1, 0.15) is 25.0 Å². The van der Waals surface area contributed by atoms with Crippen LogP contribution in [-0.4, -0.2) is 6.61 Å². The smallest absolute Gasteiger partial charge is 0.376 e. The van der Waals surface area contributed by atoms with Crippen LogP contribution in [0.2, 0.25) is 0 Å². The second-order valence-corrected chi connectivity index (χ2v) is 4.17. The van der Waals surface area contributed by atoms with Crippen molar-refractivity contribution in [3.8, 4) is 0 Å². The van der Waals surface area contributed by atoms with E-state index in [1.54, 1.807) is 0 Å². The lowest BCUT2D eigenvalue weighted by Gasteiger charge is -2.14. The Morgan fingerprint density at radius 2 is 1.88 bits per heavy atom. The Labute approximate surface area is 97.4 Å². The fourth-order valence-electron chi connectivity index (χ4n) is 1.37. The molecule has 17 heavy (non-hydrogen) atoms. The molecular weight excluding hydrogens is 236 g/mol. The van der Waals surface area contributed by atoms with Gasteiger partial charge in [0.25, 0.3) is 0 Å². The molecule has 0 aliphatic rings. The zero-order valence-electron chi connectivity index (χ0n) is 9.64. The number of hydrogen-bond acceptors (Lipinski definition) is 1. The Balaban J connectivity index is 2.89. The molecule has 0 aliphatic heterocycles. The highest BCUT2D eigenvalue weighted by molar-refractivity contribution is 5.30. The van der Waals surface area contributed by atoms with Crippen LogP contribution in [0.15, 0.2) is 18.2 Å². The van der Waals surface area contributed by atoms with Gasteiger partial charge >= 0.3 is 6.18 Å². The van der Waals surface area contributed by atoms with Gasteiger partial charge in [0.2, 0.25) is 0 Å². The molecule has 0 heterocycles. The van der Waals surface area contributed by atoms with Crippen LogP contribution in [0.4, 0.5) is 17.6 Å². The molecule has 0 atom stereocenters. The quantitative estimate of drug-likeness (QED) is 0.733. The van der Waals surface area contributed by atoms with Crippen molar-refractivity contribution in [1.29, 1.82) is 0 Å². The SMILES string of the molecule is CC(C)COCc1c(F)cccc1C(F)(F)F. The van der Waals surface area contributed by atoms with Crippen molar-refractivity contribution in [2.24, 2.45) is 5.92 Å². The molecule has 1 aromatic carbocycles. The fraction of sp³-hybridized carbons (Fsp3) is 0.500. The Morgan fingerprint density at radius 1 is 1.24 bits per heavy atom. The number of alkyl halides is 3. The molecular formula is C12H14F4O. The lowest BCUT2D eigenvalue weighted by Crippen LogP contribution is -2.12. The van der Waals surface area contributed by atoms with Gasteiger partial charge in [0.05, 0.1) is 12.2 Å². The minimum Gasteiger partial charge on any atom is -0.376 e. The molecule has 0 radical (unpaired) electrons. The van der Waals surface area contributed by atoms with Gasteiger partial charge in [-0.25, -0.2) is 4.39 Å². The molecule has 96 valence electrons. The summed E-state index contributed by atoms with van der Waals surface area (Å²) in [7, 11) is 0. The summed E-state index contributed by atoms with van der Waals surface area (Å²) in [6, 6.07) is 2.91. The highest BCUT2D eigenvalue weighted by Crippen LogP contribution is 2.33. The zero-order chi connectivity index (χ0) is 13.1. The summed E-state index contributed by atoms with van der Waals surface area (Å²) in [6.07, 6.45) is -4.56. The summed E-state index contributed by atoms with van der Waals surface area (Å²) < 4.78 is 56.2. The number of rotatable bonds is 4. The molecule has 0 spiro atoms. The molecule has 1 nitrogen and oxygen atoms in total. The van der Waals surface area contributed by atoms with E-state index in [9.17, 15) is 17.6 Å². The van der Waals surface area contributed by atoms with Gasteiger partial charge in [-0.1, -0.05) is 19.9 Å². The first-order valence-corrected chi connectivity index (χ1v) is 5.24. The average molecular weight is 250 g/mol. The number of ether oxygens (including phenoxy) is 1. The van der Waals surface area contributed by atoms with Crippen molar-refractivity contribution < 1.29 is 22.3 Å². The maximum absolute atomic E-state index is 13.3. The normalized spacial score (nSPS) is 12.2. The third-order valence-electron chi connectivity index (χ3n) is 2.12. The second-order valence-electron chi connectivity index (χ2n) is 4.17. The Kier molecular flexibility index (Phi) is 4.51. The molecule has 1 aromatic rings. The lowest BCUT2D eigenvalue weighted by molar-refractivity contribution is -0.139. The van der Waals surface area contributed by atoms with Crippen LogP contribution in [0.5, 0.6) is 0 Å². The molecule has 0 aromatic heterocycles. The summed E-state index contributed by atoms with van der Waals surface area (Å²) in [4.78, 5) is 0. The van der Waals surface area contributed by atoms with E-state index in [0.717, 1.165) is 18.2 Å². The van der Waals surface area contributed by atoms with Gasteiger partial charge in [-0.05, 0) is 18.1 Å². The summed E-state index contributed by atoms with van der Waals surface area (Å²) >= 11 is 0. The van der Waals surface area contributed by atoms with E-state index >= 15 is 0 Å². The first kappa shape index (κ1) is 14.0. The zero-order valence-corrected chi connectivity index (χ0v) is 9.64. The second kappa shape index (κ2) is 5.49. The standard InChI is InChI=1S/C12H14F4O/c1-8(2)6-17-7-9-10(12(14,15)16)4-3-5-11(9)13/h3-5,8H,6-7H2,1-2H3. The van der Waals surface area contributed by atoms with Gasteiger partial charge in [0.1, 0.15) is 5.82 Å². The third-order valence-corrected chi connectivity index (χ3v) is 2.12. The third kappa shape index (κ3) is 4.00. The number of halogens is 4. The van der Waals surface area contributed by atoms with Gasteiger partial charge in [0.15, 0.2) is 0 Å². The molecule has 0 amide bonds. The maximum Gasteiger partial charge on any atom is 0.416 e. The minimum atomic E-state index is -4.56. The summed E-state index contributed by atoms with van der Waals surface area (Å²) in [6.45, 7) is 3.67. The van der Waals surface area contributed by atoms with Crippen LogP contribution in [0.25, 0.3) is 0 Å². The Morgan fingerprint density at radius 3 is 2.41 bits per heavy atom. The van der Waals surface area contributed by atoms with E-state index in [0.29, 0.717) is 6.61 Å². The van der Waals surface area contributed by atoms with Gasteiger partial charge in [-0.2, -0.15) is 13.2 Å². The maximum atomic E-state index is 13.3. The molecule has 0 saturated heterocycles. The molecule has 0 fully saturated rings. The van der Waals surface area contributed by atoms with Crippen LogP contribution in [0, 0.1) is 11.7 Å². The number of benzene rings is 1. The molecule has 0 N–H and O–H groups in total. The number of hydrogen-bond donors (Lipinski definition) is 0. The highest BCUT2D eigenvalue weighted by Gasteiger charge is 2.34. The molecule has 1 rings (SSSR count). The van der Waals surface area contributed by atoms with E-state index in [2.05, 4.69) is 0 Å². The van der Waals surface area contributed by atoms with Crippen molar-refractivity contribution in [3.63, 3.8) is 0 Å². The monoisotopic (exact) mass is 250 g/mol. The predicted octanol–water partition coefficient (Wildman–Crippen LogP) is 4.02. The molecule has 5 heteroatoms. The van der Waals surface area contributed by atoms with E-state index in [-0.39, 0.29) is 12.5 Å². The van der Waals surface area contributed by atoms with Crippen molar-refractivity contribution in [2.75, 3.05) is 6.61 Å². The van der Waals surface area contributed by atoms with E-state index < -0.39 is 23.1 Å². The predicted molar refractivity (Wildman–Crippen MR) is 55.9 cm³/mol. The van der Waals surface area contributed by atoms with Crippen LogP contribution < -0.4 is 0 Å². The van der Waals surface area contributed by atoms with Gasteiger partial charge in [-0.15, -0.1) is 0 Å². The summed E-state index contributed by atoms with van der Waals surface area (Å²) in [5.74, 6) is -0.695. The topological polar surface area (TPSA) is 9.23 Å². The van der Waals surface area contributed by atoms with Crippen LogP contribution >= 0.6 is 0 Å². The first-order chi connectivity index (χ1) is 7.82. The van der Waals surface area contributed by atoms with Crippen molar-refractivity contribution in [2.45, 2.75) is 26.6 Å². The van der Waals surface area contributed by atoms with Crippen molar-refractivity contribution in [3.05, 3.63) is 35.1 Å². The van der Waals surface area contributed by atoms with E-state index in [1.165, 1.54) is 0 Å². The lowest BCUT2D eigenvalue weighted by atomic mass is 10.1.